The van der Waals surface area contributed by atoms with Gasteiger partial charge < -0.3 is 5.32 Å². The number of nitrogens with one attached hydrogen (secondary N) is 1. The summed E-state index contributed by atoms with van der Waals surface area (Å²) < 4.78 is 12.6. The van der Waals surface area contributed by atoms with Crippen LogP contribution in [0.3, 0.4) is 0 Å². The van der Waals surface area contributed by atoms with Crippen LogP contribution in [0.1, 0.15) is 12.8 Å². The third kappa shape index (κ3) is 1.26. The van der Waals surface area contributed by atoms with Crippen LogP contribution in [0, 0.1) is 0 Å². The number of carbonyl (C=O) groups is 1. The molecule has 0 aromatic carbocycles. The lowest BCUT2D eigenvalue weighted by atomic mass is 10.2. The smallest absolute Gasteiger partial charge is 0.239 e. The fraction of sp³-hybridized carbons (Fsp3) is 0.833. The van der Waals surface area contributed by atoms with Gasteiger partial charge in [0.2, 0.25) is 5.91 Å². The van der Waals surface area contributed by atoms with Crippen molar-refractivity contribution >= 4 is 5.91 Å². The van der Waals surface area contributed by atoms with Crippen molar-refractivity contribution in [2.45, 2.75) is 18.9 Å². The number of hydrogen-bond acceptors (Lipinski definition) is 2. The number of carbonyl (C=O) groups excluding carboxylic acids is 1. The van der Waals surface area contributed by atoms with E-state index in [4.69, 9.17) is 0 Å². The van der Waals surface area contributed by atoms with Crippen molar-refractivity contribution in [1.82, 2.24) is 10.4 Å². The lowest BCUT2D eigenvalue weighted by Crippen LogP contribution is -2.37. The second kappa shape index (κ2) is 2.96. The minimum absolute atomic E-state index is 0.222. The largest absolute Gasteiger partial charge is 0.358 e. The second-order valence-corrected chi connectivity index (χ2v) is 2.40. The van der Waals surface area contributed by atoms with E-state index in [1.165, 1.54) is 7.05 Å². The molecule has 1 rings (SSSR count). The maximum absolute atomic E-state index is 12.6. The zero-order valence-electron chi connectivity index (χ0n) is 5.93. The van der Waals surface area contributed by atoms with Gasteiger partial charge in [-0.15, -0.1) is 9.60 Å². The van der Waals surface area contributed by atoms with E-state index < -0.39 is 6.04 Å². The summed E-state index contributed by atoms with van der Waals surface area (Å²) in [5.74, 6) is -0.222. The summed E-state index contributed by atoms with van der Waals surface area (Å²) in [6.07, 6.45) is 1.41. The topological polar surface area (TPSA) is 32.3 Å². The molecule has 0 aromatic heterocycles. The van der Waals surface area contributed by atoms with Gasteiger partial charge in [-0.05, 0) is 12.8 Å². The molecule has 3 nitrogen and oxygen atoms in total. The van der Waals surface area contributed by atoms with Crippen LogP contribution in [0.2, 0.25) is 0 Å². The number of nitrogens with zero attached hydrogens (tertiary/aromatic N) is 1. The molecule has 0 aliphatic carbocycles. The van der Waals surface area contributed by atoms with E-state index in [1.807, 2.05) is 0 Å². The average molecular weight is 146 g/mol. The first kappa shape index (κ1) is 7.47. The zero-order valence-corrected chi connectivity index (χ0v) is 5.93. The first-order valence-electron chi connectivity index (χ1n) is 3.39. The summed E-state index contributed by atoms with van der Waals surface area (Å²) in [5.41, 5.74) is 0. The highest BCUT2D eigenvalue weighted by molar-refractivity contribution is 5.81. The predicted octanol–water partition coefficient (Wildman–Crippen LogP) is 0.0813. The first-order chi connectivity index (χ1) is 4.75. The number of amides is 1. The van der Waals surface area contributed by atoms with E-state index in [-0.39, 0.29) is 5.91 Å². The van der Waals surface area contributed by atoms with Crippen LogP contribution in [-0.4, -0.2) is 30.7 Å². The minimum Gasteiger partial charge on any atom is -0.358 e. The van der Waals surface area contributed by atoms with Gasteiger partial charge in [0, 0.05) is 13.6 Å². The summed E-state index contributed by atoms with van der Waals surface area (Å²) >= 11 is 0. The lowest BCUT2D eigenvalue weighted by Gasteiger charge is -2.11. The highest BCUT2D eigenvalue weighted by Crippen LogP contribution is 2.16. The zero-order chi connectivity index (χ0) is 7.56. The van der Waals surface area contributed by atoms with Crippen LogP contribution in [0.15, 0.2) is 0 Å². The number of likely N-dealkylation sites (N-methyl/N-ethyl adjacent to an activating group) is 1. The molecule has 1 amide bonds. The van der Waals surface area contributed by atoms with Crippen molar-refractivity contribution in [3.8, 4) is 0 Å². The number of rotatable bonds is 1. The van der Waals surface area contributed by atoms with E-state index in [9.17, 15) is 9.28 Å². The molecule has 1 saturated heterocycles. The maximum atomic E-state index is 12.6. The van der Waals surface area contributed by atoms with Crippen molar-refractivity contribution in [1.29, 1.82) is 0 Å². The molecule has 1 unspecified atom stereocenters. The van der Waals surface area contributed by atoms with E-state index in [0.29, 0.717) is 18.1 Å². The maximum Gasteiger partial charge on any atom is 0.239 e. The van der Waals surface area contributed by atoms with Gasteiger partial charge in [-0.3, -0.25) is 4.79 Å². The van der Waals surface area contributed by atoms with Crippen molar-refractivity contribution in [2.24, 2.45) is 0 Å². The van der Waals surface area contributed by atoms with Crippen LogP contribution in [0.4, 0.5) is 4.48 Å². The molecule has 1 atom stereocenters. The molecule has 10 heavy (non-hydrogen) atoms. The standard InChI is InChI=1S/C6H11FN2O/c1-8-6(10)5-3-2-4-9(5)7/h5H,2-4H2,1H3,(H,8,10). The fourth-order valence-corrected chi connectivity index (χ4v) is 1.16. The van der Waals surface area contributed by atoms with Crippen LogP contribution < -0.4 is 5.32 Å². The summed E-state index contributed by atoms with van der Waals surface area (Å²) in [6.45, 7) is 0.387. The molecule has 0 bridgehead atoms. The SMILES string of the molecule is CNC(=O)C1CCCN1F. The van der Waals surface area contributed by atoms with Gasteiger partial charge in [0.1, 0.15) is 6.04 Å². The van der Waals surface area contributed by atoms with Crippen LogP contribution in [-0.2, 0) is 4.79 Å². The molecule has 58 valence electrons. The third-order valence-electron chi connectivity index (χ3n) is 1.74. The van der Waals surface area contributed by atoms with E-state index in [0.717, 1.165) is 6.42 Å². The molecule has 1 N–H and O–H groups in total. The Hall–Kier alpha value is -0.640. The Balaban J connectivity index is 2.46. The minimum atomic E-state index is -0.537. The van der Waals surface area contributed by atoms with E-state index >= 15 is 0 Å². The van der Waals surface area contributed by atoms with Crippen molar-refractivity contribution < 1.29 is 9.28 Å². The molecule has 0 radical (unpaired) electrons. The van der Waals surface area contributed by atoms with Crippen molar-refractivity contribution in [2.75, 3.05) is 13.6 Å². The molecule has 0 aromatic rings. The van der Waals surface area contributed by atoms with Crippen LogP contribution in [0.5, 0.6) is 0 Å². The Bertz CT molecular complexity index is 140. The van der Waals surface area contributed by atoms with Gasteiger partial charge in [0.05, 0.1) is 0 Å². The van der Waals surface area contributed by atoms with E-state index in [2.05, 4.69) is 5.32 Å². The van der Waals surface area contributed by atoms with Gasteiger partial charge in [0.15, 0.2) is 0 Å². The van der Waals surface area contributed by atoms with Crippen molar-refractivity contribution in [3.05, 3.63) is 0 Å². The summed E-state index contributed by atoms with van der Waals surface area (Å²) in [7, 11) is 1.52. The van der Waals surface area contributed by atoms with Gasteiger partial charge in [-0.25, -0.2) is 0 Å². The van der Waals surface area contributed by atoms with Gasteiger partial charge in [-0.2, -0.15) is 0 Å². The van der Waals surface area contributed by atoms with Crippen LogP contribution in [0.25, 0.3) is 0 Å². The Morgan fingerprint density at radius 2 is 2.50 bits per heavy atom. The quantitative estimate of drug-likeness (QED) is 0.531. The Morgan fingerprint density at radius 1 is 1.80 bits per heavy atom. The average Bonchev–Trinajstić information content (AvgIpc) is 2.34. The van der Waals surface area contributed by atoms with E-state index in [1.54, 1.807) is 0 Å². The summed E-state index contributed by atoms with van der Waals surface area (Å²) in [5, 5.41) is 3.01. The highest BCUT2D eigenvalue weighted by Gasteiger charge is 2.29. The Labute approximate surface area is 59.1 Å². The molecule has 0 spiro atoms. The fourth-order valence-electron chi connectivity index (χ4n) is 1.16. The van der Waals surface area contributed by atoms with Crippen LogP contribution >= 0.6 is 0 Å². The highest BCUT2D eigenvalue weighted by atomic mass is 19.2. The van der Waals surface area contributed by atoms with Gasteiger partial charge >= 0.3 is 0 Å². The van der Waals surface area contributed by atoms with Crippen molar-refractivity contribution in [3.63, 3.8) is 0 Å². The predicted molar refractivity (Wildman–Crippen MR) is 34.9 cm³/mol. The normalized spacial score (nSPS) is 26.8. The molecule has 1 aliphatic rings. The van der Waals surface area contributed by atoms with Gasteiger partial charge in [0.25, 0.3) is 0 Å². The lowest BCUT2D eigenvalue weighted by molar-refractivity contribution is -0.130. The Morgan fingerprint density at radius 3 is 2.90 bits per heavy atom. The molecule has 0 saturated carbocycles. The summed E-state index contributed by atoms with van der Waals surface area (Å²) in [4.78, 5) is 10.8. The molecular formula is C6H11FN2O. The molecule has 1 heterocycles. The third-order valence-corrected chi connectivity index (χ3v) is 1.74. The first-order valence-corrected chi connectivity index (χ1v) is 3.39. The van der Waals surface area contributed by atoms with Gasteiger partial charge in [-0.1, -0.05) is 0 Å². The molecule has 4 heteroatoms. The number of hydrogen-bond donors (Lipinski definition) is 1. The number of halogens is 1. The Kier molecular flexibility index (Phi) is 2.21. The summed E-state index contributed by atoms with van der Waals surface area (Å²) in [6, 6.07) is -0.537. The molecular weight excluding hydrogens is 135 g/mol. The monoisotopic (exact) mass is 146 g/mol. The second-order valence-electron chi connectivity index (χ2n) is 2.40. The molecule has 1 aliphatic heterocycles. The molecule has 1 fully saturated rings.